The zero-order valence-corrected chi connectivity index (χ0v) is 20.7. The number of nitrogens with zero attached hydrogens (tertiary/aromatic N) is 1. The monoisotopic (exact) mass is 506 g/mol. The third-order valence-electron chi connectivity index (χ3n) is 8.46. The first-order valence-electron chi connectivity index (χ1n) is 12.9. The van der Waals surface area contributed by atoms with Crippen LogP contribution in [0.5, 0.6) is 17.2 Å². The van der Waals surface area contributed by atoms with Gasteiger partial charge in [0.25, 0.3) is 5.91 Å². The standard InChI is InChI=1S/C31H26N2O5/c1-37-20-10-12-22(13-11-20)38-21-8-4-18(5-9-21)32-29(34)17-2-6-19(7-3-17)33-30(35)27-23-14-15-24(26-16-25(23)26)28(27)31(33)36/h2-15,23-28H,16H2,1H3,(H,32,34). The molecule has 2 saturated carbocycles. The summed E-state index contributed by atoms with van der Waals surface area (Å²) in [5.41, 5.74) is 1.59. The molecule has 7 nitrogen and oxygen atoms in total. The Labute approximate surface area is 220 Å². The molecule has 38 heavy (non-hydrogen) atoms. The largest absolute Gasteiger partial charge is 0.497 e. The molecule has 1 N–H and O–H groups in total. The molecule has 6 atom stereocenters. The molecule has 4 aliphatic carbocycles. The number of nitrogens with one attached hydrogen (secondary N) is 1. The first-order valence-corrected chi connectivity index (χ1v) is 12.9. The first-order chi connectivity index (χ1) is 18.5. The number of carbonyl (C=O) groups is 3. The summed E-state index contributed by atoms with van der Waals surface area (Å²) in [5, 5.41) is 2.87. The summed E-state index contributed by atoms with van der Waals surface area (Å²) < 4.78 is 11.0. The van der Waals surface area contributed by atoms with Crippen LogP contribution in [0.1, 0.15) is 16.8 Å². The Morgan fingerprint density at radius 3 is 1.84 bits per heavy atom. The van der Waals surface area contributed by atoms with Gasteiger partial charge in [-0.3, -0.25) is 19.3 Å². The SMILES string of the molecule is COc1ccc(Oc2ccc(NC(=O)c3ccc(N4C(=O)C5C6C=CC(C7CC67)C5C4=O)cc3)cc2)cc1. The lowest BCUT2D eigenvalue weighted by molar-refractivity contribution is -0.124. The number of imide groups is 1. The third kappa shape index (κ3) is 3.61. The number of carbonyl (C=O) groups excluding carboxylic acids is 3. The fraction of sp³-hybridized carbons (Fsp3) is 0.258. The van der Waals surface area contributed by atoms with Gasteiger partial charge in [0.1, 0.15) is 17.2 Å². The zero-order valence-electron chi connectivity index (χ0n) is 20.7. The number of amides is 3. The highest BCUT2D eigenvalue weighted by Crippen LogP contribution is 2.65. The van der Waals surface area contributed by atoms with E-state index in [1.807, 2.05) is 24.3 Å². The molecule has 5 aliphatic rings. The van der Waals surface area contributed by atoms with Crippen molar-refractivity contribution in [1.29, 1.82) is 0 Å². The average molecular weight is 507 g/mol. The number of ether oxygens (including phenoxy) is 2. The highest BCUT2D eigenvalue weighted by Gasteiger charge is 2.67. The Hall–Kier alpha value is -4.39. The molecule has 3 aromatic rings. The number of allylic oxidation sites excluding steroid dienone is 2. The van der Waals surface area contributed by atoms with Crippen molar-refractivity contribution in [3.63, 3.8) is 0 Å². The summed E-state index contributed by atoms with van der Waals surface area (Å²) in [5.74, 6) is 2.63. The number of hydrogen-bond acceptors (Lipinski definition) is 5. The van der Waals surface area contributed by atoms with Crippen LogP contribution in [0.25, 0.3) is 0 Å². The first kappa shape index (κ1) is 22.8. The molecule has 1 saturated heterocycles. The zero-order chi connectivity index (χ0) is 26.0. The van der Waals surface area contributed by atoms with E-state index in [-0.39, 0.29) is 41.4 Å². The fourth-order valence-corrected chi connectivity index (χ4v) is 6.56. The predicted molar refractivity (Wildman–Crippen MR) is 141 cm³/mol. The van der Waals surface area contributed by atoms with Gasteiger partial charge in [-0.2, -0.15) is 0 Å². The summed E-state index contributed by atoms with van der Waals surface area (Å²) in [6.45, 7) is 0. The molecule has 1 aliphatic heterocycles. The van der Waals surface area contributed by atoms with Gasteiger partial charge in [0.15, 0.2) is 0 Å². The Morgan fingerprint density at radius 1 is 0.763 bits per heavy atom. The second-order valence-electron chi connectivity index (χ2n) is 10.5. The lowest BCUT2D eigenvalue weighted by Gasteiger charge is -2.37. The van der Waals surface area contributed by atoms with Gasteiger partial charge in [0.2, 0.25) is 11.8 Å². The molecular weight excluding hydrogens is 480 g/mol. The van der Waals surface area contributed by atoms with Crippen molar-refractivity contribution in [2.45, 2.75) is 6.42 Å². The van der Waals surface area contributed by atoms with Crippen LogP contribution in [-0.4, -0.2) is 24.8 Å². The molecule has 0 aromatic heterocycles. The van der Waals surface area contributed by atoms with E-state index in [0.29, 0.717) is 40.3 Å². The number of methoxy groups -OCH3 is 1. The second-order valence-corrected chi connectivity index (χ2v) is 10.5. The topological polar surface area (TPSA) is 84.9 Å². The van der Waals surface area contributed by atoms with Crippen molar-refractivity contribution in [1.82, 2.24) is 0 Å². The normalized spacial score (nSPS) is 28.1. The van der Waals surface area contributed by atoms with Gasteiger partial charge in [0.05, 0.1) is 24.6 Å². The lowest BCUT2D eigenvalue weighted by Crippen LogP contribution is -2.40. The Balaban J connectivity index is 1.01. The maximum atomic E-state index is 13.3. The van der Waals surface area contributed by atoms with Crippen LogP contribution in [-0.2, 0) is 9.59 Å². The van der Waals surface area contributed by atoms with E-state index in [0.717, 1.165) is 12.2 Å². The molecule has 3 aromatic carbocycles. The van der Waals surface area contributed by atoms with Crippen LogP contribution in [0, 0.1) is 35.5 Å². The third-order valence-corrected chi connectivity index (χ3v) is 8.46. The fourth-order valence-electron chi connectivity index (χ4n) is 6.56. The van der Waals surface area contributed by atoms with Gasteiger partial charge >= 0.3 is 0 Å². The average Bonchev–Trinajstić information content (AvgIpc) is 3.73. The van der Waals surface area contributed by atoms with Crippen molar-refractivity contribution in [2.24, 2.45) is 35.5 Å². The van der Waals surface area contributed by atoms with Crippen molar-refractivity contribution in [3.05, 3.63) is 90.5 Å². The second kappa shape index (κ2) is 8.58. The van der Waals surface area contributed by atoms with Crippen molar-refractivity contribution < 1.29 is 23.9 Å². The Morgan fingerprint density at radius 2 is 1.29 bits per heavy atom. The van der Waals surface area contributed by atoms with E-state index in [1.54, 1.807) is 55.6 Å². The molecule has 3 fully saturated rings. The summed E-state index contributed by atoms with van der Waals surface area (Å²) in [6.07, 6.45) is 5.47. The molecular formula is C31H26N2O5. The molecule has 1 heterocycles. The maximum Gasteiger partial charge on any atom is 0.255 e. The molecule has 190 valence electrons. The highest BCUT2D eigenvalue weighted by atomic mass is 16.5. The summed E-state index contributed by atoms with van der Waals surface area (Å²) >= 11 is 0. The Bertz CT molecular complexity index is 1430. The quantitative estimate of drug-likeness (QED) is 0.362. The number of anilines is 2. The van der Waals surface area contributed by atoms with Crippen LogP contribution < -0.4 is 19.7 Å². The molecule has 0 spiro atoms. The Kier molecular flexibility index (Phi) is 5.15. The van der Waals surface area contributed by atoms with Gasteiger partial charge in [-0.15, -0.1) is 0 Å². The molecule has 7 heteroatoms. The molecule has 8 rings (SSSR count). The summed E-state index contributed by atoms with van der Waals surface area (Å²) in [7, 11) is 1.61. The van der Waals surface area contributed by atoms with E-state index in [9.17, 15) is 14.4 Å². The van der Waals surface area contributed by atoms with Gasteiger partial charge < -0.3 is 14.8 Å². The van der Waals surface area contributed by atoms with Crippen LogP contribution >= 0.6 is 0 Å². The van der Waals surface area contributed by atoms with E-state index in [4.69, 9.17) is 9.47 Å². The molecule has 0 radical (unpaired) electrons. The minimum Gasteiger partial charge on any atom is -0.497 e. The van der Waals surface area contributed by atoms with Gasteiger partial charge in [-0.25, -0.2) is 0 Å². The smallest absolute Gasteiger partial charge is 0.255 e. The van der Waals surface area contributed by atoms with Crippen LogP contribution in [0.3, 0.4) is 0 Å². The van der Waals surface area contributed by atoms with Crippen LogP contribution in [0.4, 0.5) is 11.4 Å². The summed E-state index contributed by atoms with van der Waals surface area (Å²) in [4.78, 5) is 40.8. The number of hydrogen-bond donors (Lipinski definition) is 1. The van der Waals surface area contributed by atoms with Crippen molar-refractivity contribution in [2.75, 3.05) is 17.3 Å². The maximum absolute atomic E-state index is 13.3. The molecule has 2 bridgehead atoms. The van der Waals surface area contributed by atoms with Crippen LogP contribution in [0.2, 0.25) is 0 Å². The number of rotatable bonds is 6. The summed E-state index contributed by atoms with van der Waals surface area (Å²) in [6, 6.07) is 21.0. The van der Waals surface area contributed by atoms with Gasteiger partial charge in [0, 0.05) is 11.3 Å². The van der Waals surface area contributed by atoms with E-state index < -0.39 is 0 Å². The number of benzene rings is 3. The van der Waals surface area contributed by atoms with E-state index in [1.165, 1.54) is 4.90 Å². The van der Waals surface area contributed by atoms with Crippen molar-refractivity contribution >= 4 is 29.1 Å². The van der Waals surface area contributed by atoms with Gasteiger partial charge in [-0.05, 0) is 103 Å². The van der Waals surface area contributed by atoms with Gasteiger partial charge in [-0.1, -0.05) is 12.2 Å². The predicted octanol–water partition coefficient (Wildman–Crippen LogP) is 5.30. The minimum atomic E-state index is -0.282. The van der Waals surface area contributed by atoms with E-state index in [2.05, 4.69) is 17.5 Å². The van der Waals surface area contributed by atoms with Crippen LogP contribution in [0.15, 0.2) is 84.9 Å². The molecule has 3 amide bonds. The highest BCUT2D eigenvalue weighted by molar-refractivity contribution is 6.22. The molecule has 6 unspecified atom stereocenters. The minimum absolute atomic E-state index is 0.0983. The van der Waals surface area contributed by atoms with E-state index >= 15 is 0 Å². The van der Waals surface area contributed by atoms with Crippen molar-refractivity contribution in [3.8, 4) is 17.2 Å². The lowest BCUT2D eigenvalue weighted by atomic mass is 9.63.